The number of piperidine rings is 1. The maximum Gasteiger partial charge on any atom is 0.453 e. The van der Waals surface area contributed by atoms with Crippen molar-refractivity contribution in [3.8, 4) is 5.75 Å². The van der Waals surface area contributed by atoms with Crippen molar-refractivity contribution >= 4 is 17.4 Å². The van der Waals surface area contributed by atoms with Gasteiger partial charge in [-0.1, -0.05) is 18.2 Å². The number of hydrogen-bond donors (Lipinski definition) is 1. The number of anilines is 1. The summed E-state index contributed by atoms with van der Waals surface area (Å²) in [5.74, 6) is -0.292. The quantitative estimate of drug-likeness (QED) is 0.645. The summed E-state index contributed by atoms with van der Waals surface area (Å²) in [5.41, 5.74) is 0.924. The minimum Gasteiger partial charge on any atom is -0.496 e. The van der Waals surface area contributed by atoms with Gasteiger partial charge < -0.3 is 15.0 Å². The highest BCUT2D eigenvalue weighted by molar-refractivity contribution is 5.79. The lowest BCUT2D eigenvalue weighted by Crippen LogP contribution is -2.41. The zero-order chi connectivity index (χ0) is 22.9. The van der Waals surface area contributed by atoms with Gasteiger partial charge in [-0.05, 0) is 38.0 Å². The van der Waals surface area contributed by atoms with Gasteiger partial charge in [0.2, 0.25) is 5.91 Å². The van der Waals surface area contributed by atoms with Crippen molar-refractivity contribution in [1.29, 1.82) is 0 Å². The van der Waals surface area contributed by atoms with Crippen LogP contribution in [0.15, 0.2) is 36.4 Å². The van der Waals surface area contributed by atoms with E-state index in [0.717, 1.165) is 5.56 Å². The van der Waals surface area contributed by atoms with Crippen LogP contribution >= 0.6 is 0 Å². The fraction of sp³-hybridized carbons (Fsp3) is 0.429. The average molecular weight is 448 g/mol. The van der Waals surface area contributed by atoms with Crippen LogP contribution in [0.1, 0.15) is 37.2 Å². The summed E-state index contributed by atoms with van der Waals surface area (Å²) < 4.78 is 45.4. The topological polar surface area (TPSA) is 84.6 Å². The van der Waals surface area contributed by atoms with E-state index in [0.29, 0.717) is 42.0 Å². The Morgan fingerprint density at radius 3 is 2.56 bits per heavy atom. The number of aromatic nitrogens is 4. The molecule has 170 valence electrons. The van der Waals surface area contributed by atoms with Crippen LogP contribution < -0.4 is 15.0 Å². The second-order valence-electron chi connectivity index (χ2n) is 7.72. The van der Waals surface area contributed by atoms with E-state index in [9.17, 15) is 18.0 Å². The molecule has 0 unspecified atom stereocenters. The molecule has 1 fully saturated rings. The number of methoxy groups -OCH3 is 1. The van der Waals surface area contributed by atoms with Crippen molar-refractivity contribution in [3.05, 3.63) is 47.8 Å². The number of nitrogens with one attached hydrogen (secondary N) is 1. The number of alkyl halides is 3. The van der Waals surface area contributed by atoms with Gasteiger partial charge in [-0.2, -0.15) is 17.7 Å². The molecule has 0 aliphatic carbocycles. The summed E-state index contributed by atoms with van der Waals surface area (Å²) >= 11 is 0. The van der Waals surface area contributed by atoms with Crippen LogP contribution in [-0.4, -0.2) is 45.9 Å². The molecule has 1 amide bonds. The third kappa shape index (κ3) is 4.32. The normalized spacial score (nSPS) is 16.2. The maximum atomic E-state index is 13.1. The molecule has 11 heteroatoms. The molecule has 0 bridgehead atoms. The molecule has 1 aromatic carbocycles. The number of nitrogens with zero attached hydrogens (tertiary/aromatic N) is 5. The lowest BCUT2D eigenvalue weighted by atomic mass is 9.95. The van der Waals surface area contributed by atoms with E-state index in [1.165, 1.54) is 6.07 Å². The lowest BCUT2D eigenvalue weighted by Gasteiger charge is -2.32. The minimum atomic E-state index is -4.64. The van der Waals surface area contributed by atoms with E-state index in [-0.39, 0.29) is 23.5 Å². The van der Waals surface area contributed by atoms with Gasteiger partial charge in [0.1, 0.15) is 11.6 Å². The molecular formula is C21H23F3N6O2. The molecule has 8 nitrogen and oxygen atoms in total. The van der Waals surface area contributed by atoms with Gasteiger partial charge in [0.15, 0.2) is 5.65 Å². The highest BCUT2D eigenvalue weighted by Crippen LogP contribution is 2.29. The number of carbonyl (C=O) groups excluding carboxylic acids is 1. The number of para-hydroxylation sites is 1. The minimum absolute atomic E-state index is 0.0284. The van der Waals surface area contributed by atoms with E-state index >= 15 is 0 Å². The van der Waals surface area contributed by atoms with E-state index in [2.05, 4.69) is 20.6 Å². The van der Waals surface area contributed by atoms with Crippen molar-refractivity contribution in [3.63, 3.8) is 0 Å². The summed E-state index contributed by atoms with van der Waals surface area (Å²) in [7, 11) is 1.59. The molecule has 1 atom stereocenters. The van der Waals surface area contributed by atoms with Crippen LogP contribution in [0.5, 0.6) is 5.75 Å². The number of carbonyl (C=O) groups is 1. The molecule has 2 aromatic heterocycles. The fourth-order valence-electron chi connectivity index (χ4n) is 3.93. The Kier molecular flexibility index (Phi) is 5.90. The van der Waals surface area contributed by atoms with Crippen molar-refractivity contribution in [2.24, 2.45) is 5.92 Å². The predicted octanol–water partition coefficient (Wildman–Crippen LogP) is 3.25. The van der Waals surface area contributed by atoms with Gasteiger partial charge >= 0.3 is 6.18 Å². The molecule has 1 saturated heterocycles. The van der Waals surface area contributed by atoms with Gasteiger partial charge in [0, 0.05) is 24.6 Å². The second kappa shape index (κ2) is 8.64. The first-order valence-electron chi connectivity index (χ1n) is 10.3. The Balaban J connectivity index is 1.40. The van der Waals surface area contributed by atoms with Crippen molar-refractivity contribution in [2.45, 2.75) is 32.0 Å². The molecule has 0 saturated carbocycles. The maximum absolute atomic E-state index is 13.1. The second-order valence-corrected chi connectivity index (χ2v) is 7.72. The number of rotatable bonds is 5. The van der Waals surface area contributed by atoms with Gasteiger partial charge in [-0.3, -0.25) is 4.79 Å². The van der Waals surface area contributed by atoms with Crippen LogP contribution in [-0.2, 0) is 11.0 Å². The number of ether oxygens (including phenoxy) is 1. The predicted molar refractivity (Wildman–Crippen MR) is 110 cm³/mol. The summed E-state index contributed by atoms with van der Waals surface area (Å²) in [5, 5.41) is 13.8. The third-order valence-electron chi connectivity index (χ3n) is 5.66. The number of amides is 1. The van der Waals surface area contributed by atoms with E-state index in [1.54, 1.807) is 13.2 Å². The number of fused-ring (bicyclic) bond motifs is 1. The van der Waals surface area contributed by atoms with Gasteiger partial charge in [0.05, 0.1) is 13.2 Å². The Bertz CT molecular complexity index is 1110. The lowest BCUT2D eigenvalue weighted by molar-refractivity contribution is -0.146. The Morgan fingerprint density at radius 2 is 1.88 bits per heavy atom. The summed E-state index contributed by atoms with van der Waals surface area (Å²) in [6, 6.07) is 10.4. The summed E-state index contributed by atoms with van der Waals surface area (Å²) in [4.78, 5) is 14.7. The molecule has 0 radical (unpaired) electrons. The standard InChI is InChI=1S/C21H23F3N6O2/c1-13(15-5-3-4-6-16(15)32-2)25-19(31)14-9-11-29(12-10-14)18-8-7-17-26-27-20(21(22,23)24)30(17)28-18/h3-8,13-14H,9-12H2,1-2H3,(H,25,31)/t13-/m1/s1. The van der Waals surface area contributed by atoms with Crippen LogP contribution in [0.25, 0.3) is 5.65 Å². The first kappa shape index (κ1) is 21.8. The highest BCUT2D eigenvalue weighted by atomic mass is 19.4. The molecule has 3 aromatic rings. The van der Waals surface area contributed by atoms with Gasteiger partial charge in [-0.25, -0.2) is 0 Å². The summed E-state index contributed by atoms with van der Waals surface area (Å²) in [6.45, 7) is 2.91. The van der Waals surface area contributed by atoms with Gasteiger partial charge in [0.25, 0.3) is 5.82 Å². The summed E-state index contributed by atoms with van der Waals surface area (Å²) in [6.07, 6.45) is -3.51. The Labute approximate surface area is 182 Å². The van der Waals surface area contributed by atoms with Crippen molar-refractivity contribution in [2.75, 3.05) is 25.1 Å². The SMILES string of the molecule is COc1ccccc1[C@@H](C)NC(=O)C1CCN(c2ccc3nnc(C(F)(F)F)n3n2)CC1. The Hall–Kier alpha value is -3.37. The van der Waals surface area contributed by atoms with E-state index < -0.39 is 12.0 Å². The zero-order valence-electron chi connectivity index (χ0n) is 17.6. The molecule has 3 heterocycles. The van der Waals surface area contributed by atoms with Crippen LogP contribution in [0.4, 0.5) is 19.0 Å². The van der Waals surface area contributed by atoms with E-state index in [4.69, 9.17) is 4.74 Å². The zero-order valence-corrected chi connectivity index (χ0v) is 17.6. The molecule has 1 N–H and O–H groups in total. The fourth-order valence-corrected chi connectivity index (χ4v) is 3.93. The van der Waals surface area contributed by atoms with Crippen molar-refractivity contribution in [1.82, 2.24) is 25.1 Å². The number of hydrogen-bond acceptors (Lipinski definition) is 6. The van der Waals surface area contributed by atoms with Gasteiger partial charge in [-0.15, -0.1) is 15.3 Å². The van der Waals surface area contributed by atoms with Crippen LogP contribution in [0.3, 0.4) is 0 Å². The first-order valence-corrected chi connectivity index (χ1v) is 10.3. The molecule has 1 aliphatic rings. The molecule has 32 heavy (non-hydrogen) atoms. The Morgan fingerprint density at radius 1 is 1.16 bits per heavy atom. The molecule has 4 rings (SSSR count). The third-order valence-corrected chi connectivity index (χ3v) is 5.66. The molecule has 0 spiro atoms. The molecular weight excluding hydrogens is 425 g/mol. The average Bonchev–Trinajstić information content (AvgIpc) is 3.23. The first-order chi connectivity index (χ1) is 15.3. The smallest absolute Gasteiger partial charge is 0.453 e. The molecule has 1 aliphatic heterocycles. The van der Waals surface area contributed by atoms with Crippen LogP contribution in [0, 0.1) is 5.92 Å². The number of halogens is 3. The monoisotopic (exact) mass is 448 g/mol. The number of benzene rings is 1. The van der Waals surface area contributed by atoms with Crippen molar-refractivity contribution < 1.29 is 22.7 Å². The largest absolute Gasteiger partial charge is 0.496 e. The van der Waals surface area contributed by atoms with E-state index in [1.807, 2.05) is 36.1 Å². The van der Waals surface area contributed by atoms with Crippen LogP contribution in [0.2, 0.25) is 0 Å². The highest BCUT2D eigenvalue weighted by Gasteiger charge is 2.38.